The summed E-state index contributed by atoms with van der Waals surface area (Å²) in [4.78, 5) is 31.2. The van der Waals surface area contributed by atoms with Crippen LogP contribution in [0.15, 0.2) is 42.5 Å². The summed E-state index contributed by atoms with van der Waals surface area (Å²) in [5, 5.41) is 0. The monoisotopic (exact) mass is 352 g/mol. The summed E-state index contributed by atoms with van der Waals surface area (Å²) in [6.45, 7) is 3.67. The molecule has 0 spiro atoms. The quantitative estimate of drug-likeness (QED) is 0.612. The lowest BCUT2D eigenvalue weighted by Gasteiger charge is -2.10. The molecule has 26 heavy (non-hydrogen) atoms. The number of carbonyl (C=O) groups excluding carboxylic acids is 2. The second-order valence-corrected chi connectivity index (χ2v) is 6.03. The molecule has 0 unspecified atom stereocenters. The number of amides is 2. The number of hydrogen-bond donors (Lipinski definition) is 3. The van der Waals surface area contributed by atoms with Crippen molar-refractivity contribution in [1.82, 2.24) is 20.8 Å². The van der Waals surface area contributed by atoms with Gasteiger partial charge in [0.1, 0.15) is 11.6 Å². The molecule has 1 heterocycles. The highest BCUT2D eigenvalue weighted by Gasteiger charge is 2.10. The fourth-order valence-electron chi connectivity index (χ4n) is 2.47. The average molecular weight is 352 g/mol. The van der Waals surface area contributed by atoms with Gasteiger partial charge >= 0.3 is 0 Å². The van der Waals surface area contributed by atoms with Crippen LogP contribution in [-0.4, -0.2) is 28.4 Å². The molecule has 0 atom stereocenters. The maximum atomic E-state index is 11.9. The third-order valence-corrected chi connectivity index (χ3v) is 3.81. The molecule has 3 N–H and O–H groups in total. The summed E-state index contributed by atoms with van der Waals surface area (Å²) in [5.41, 5.74) is 8.34. The molecule has 2 aromatic carbocycles. The molecule has 2 amide bonds. The van der Waals surface area contributed by atoms with Crippen LogP contribution in [0.25, 0.3) is 11.0 Å². The van der Waals surface area contributed by atoms with Gasteiger partial charge in [0.2, 0.25) is 5.91 Å². The Morgan fingerprint density at radius 2 is 1.85 bits per heavy atom. The number of imidazole rings is 1. The number of carbonyl (C=O) groups is 2. The number of para-hydroxylation sites is 2. The zero-order valence-corrected chi connectivity index (χ0v) is 14.6. The van der Waals surface area contributed by atoms with Crippen LogP contribution >= 0.6 is 0 Å². The van der Waals surface area contributed by atoms with E-state index in [0.717, 1.165) is 22.2 Å². The Balaban J connectivity index is 1.46. The Morgan fingerprint density at radius 1 is 1.08 bits per heavy atom. The summed E-state index contributed by atoms with van der Waals surface area (Å²) in [7, 11) is 0. The molecule has 0 aliphatic rings. The maximum Gasteiger partial charge on any atom is 0.276 e. The molecular formula is C19H20N4O3. The fourth-order valence-corrected chi connectivity index (χ4v) is 2.47. The molecule has 0 saturated heterocycles. The van der Waals surface area contributed by atoms with Gasteiger partial charge in [-0.3, -0.25) is 20.4 Å². The van der Waals surface area contributed by atoms with E-state index in [0.29, 0.717) is 11.6 Å². The largest absolute Gasteiger partial charge is 0.483 e. The molecule has 7 heteroatoms. The minimum atomic E-state index is -0.441. The van der Waals surface area contributed by atoms with E-state index < -0.39 is 5.91 Å². The van der Waals surface area contributed by atoms with Crippen molar-refractivity contribution in [3.05, 3.63) is 59.4 Å². The number of ether oxygens (including phenoxy) is 1. The maximum absolute atomic E-state index is 11.9. The predicted octanol–water partition coefficient (Wildman–Crippen LogP) is 1.95. The highest BCUT2D eigenvalue weighted by atomic mass is 16.5. The lowest BCUT2D eigenvalue weighted by molar-refractivity contribution is -0.129. The fraction of sp³-hybridized carbons (Fsp3) is 0.211. The van der Waals surface area contributed by atoms with Crippen molar-refractivity contribution in [2.24, 2.45) is 0 Å². The van der Waals surface area contributed by atoms with Gasteiger partial charge in [-0.1, -0.05) is 24.3 Å². The molecule has 0 saturated carbocycles. The average Bonchev–Trinajstić information content (AvgIpc) is 3.02. The molecule has 3 rings (SSSR count). The normalized spacial score (nSPS) is 10.5. The summed E-state index contributed by atoms with van der Waals surface area (Å²) in [6, 6.07) is 13.3. The summed E-state index contributed by atoms with van der Waals surface area (Å²) in [6.07, 6.45) is 0.0345. The van der Waals surface area contributed by atoms with Crippen LogP contribution in [0.2, 0.25) is 0 Å². The third kappa shape index (κ3) is 4.38. The van der Waals surface area contributed by atoms with Crippen LogP contribution in [0, 0.1) is 13.8 Å². The first kappa shape index (κ1) is 17.5. The van der Waals surface area contributed by atoms with E-state index in [4.69, 9.17) is 4.74 Å². The standard InChI is InChI=1S/C19H20N4O3/c1-12-7-8-13(2)16(9-12)26-11-19(25)23-22-18(24)10-17-20-14-5-3-4-6-15(14)21-17/h3-9H,10-11H2,1-2H3,(H,20,21)(H,22,24)(H,23,25). The number of hydrogen-bond acceptors (Lipinski definition) is 4. The van der Waals surface area contributed by atoms with Crippen molar-refractivity contribution >= 4 is 22.8 Å². The van der Waals surface area contributed by atoms with E-state index in [2.05, 4.69) is 20.8 Å². The van der Waals surface area contributed by atoms with Gasteiger partial charge in [0.05, 0.1) is 17.5 Å². The van der Waals surface area contributed by atoms with Gasteiger partial charge < -0.3 is 9.72 Å². The number of H-pyrrole nitrogens is 1. The molecule has 3 aromatic rings. The first-order chi connectivity index (χ1) is 12.5. The molecule has 1 aromatic heterocycles. The van der Waals surface area contributed by atoms with E-state index in [1.165, 1.54) is 0 Å². The number of aryl methyl sites for hydroxylation is 2. The van der Waals surface area contributed by atoms with Gasteiger partial charge in [0.15, 0.2) is 6.61 Å². The van der Waals surface area contributed by atoms with Crippen LogP contribution in [0.1, 0.15) is 17.0 Å². The lowest BCUT2D eigenvalue weighted by atomic mass is 10.1. The summed E-state index contributed by atoms with van der Waals surface area (Å²) >= 11 is 0. The van der Waals surface area contributed by atoms with Crippen molar-refractivity contribution in [2.45, 2.75) is 20.3 Å². The molecule has 0 radical (unpaired) electrons. The number of nitrogens with one attached hydrogen (secondary N) is 3. The Bertz CT molecular complexity index is 916. The molecule has 0 aliphatic heterocycles. The number of aromatic nitrogens is 2. The highest BCUT2D eigenvalue weighted by Crippen LogP contribution is 2.18. The SMILES string of the molecule is Cc1ccc(C)c(OCC(=O)NNC(=O)Cc2nc3ccccc3[nH]2)c1. The van der Waals surface area contributed by atoms with Gasteiger partial charge in [0, 0.05) is 0 Å². The van der Waals surface area contributed by atoms with Crippen LogP contribution < -0.4 is 15.6 Å². The van der Waals surface area contributed by atoms with Crippen LogP contribution in [0.3, 0.4) is 0 Å². The van der Waals surface area contributed by atoms with E-state index in [1.807, 2.05) is 56.3 Å². The van der Waals surface area contributed by atoms with Crippen molar-refractivity contribution in [1.29, 1.82) is 0 Å². The van der Waals surface area contributed by atoms with Gasteiger partial charge in [-0.15, -0.1) is 0 Å². The topological polar surface area (TPSA) is 96.1 Å². The van der Waals surface area contributed by atoms with Crippen LogP contribution in [0.5, 0.6) is 5.75 Å². The van der Waals surface area contributed by atoms with Gasteiger partial charge in [-0.05, 0) is 43.2 Å². The Kier molecular flexibility index (Phi) is 5.17. The van der Waals surface area contributed by atoms with Crippen molar-refractivity contribution < 1.29 is 14.3 Å². The highest BCUT2D eigenvalue weighted by molar-refractivity contribution is 5.84. The Hall–Kier alpha value is -3.35. The number of aromatic amines is 1. The van der Waals surface area contributed by atoms with Gasteiger partial charge in [-0.25, -0.2) is 4.98 Å². The van der Waals surface area contributed by atoms with E-state index >= 15 is 0 Å². The first-order valence-corrected chi connectivity index (χ1v) is 8.22. The zero-order valence-electron chi connectivity index (χ0n) is 14.6. The first-order valence-electron chi connectivity index (χ1n) is 8.22. The lowest BCUT2D eigenvalue weighted by Crippen LogP contribution is -2.44. The molecule has 134 valence electrons. The van der Waals surface area contributed by atoms with E-state index in [-0.39, 0.29) is 18.9 Å². The molecule has 7 nitrogen and oxygen atoms in total. The molecule has 0 aliphatic carbocycles. The Labute approximate surface area is 150 Å². The van der Waals surface area contributed by atoms with Crippen molar-refractivity contribution in [2.75, 3.05) is 6.61 Å². The third-order valence-electron chi connectivity index (χ3n) is 3.81. The number of rotatable bonds is 5. The van der Waals surface area contributed by atoms with E-state index in [1.54, 1.807) is 0 Å². The van der Waals surface area contributed by atoms with Crippen LogP contribution in [-0.2, 0) is 16.0 Å². The summed E-state index contributed by atoms with van der Waals surface area (Å²) < 4.78 is 5.49. The Morgan fingerprint density at radius 3 is 2.65 bits per heavy atom. The van der Waals surface area contributed by atoms with Crippen LogP contribution in [0.4, 0.5) is 0 Å². The predicted molar refractivity (Wildman–Crippen MR) is 97.5 cm³/mol. The minimum absolute atomic E-state index is 0.0345. The smallest absolute Gasteiger partial charge is 0.276 e. The van der Waals surface area contributed by atoms with Gasteiger partial charge in [0.25, 0.3) is 5.91 Å². The number of fused-ring (bicyclic) bond motifs is 1. The van der Waals surface area contributed by atoms with Gasteiger partial charge in [-0.2, -0.15) is 0 Å². The van der Waals surface area contributed by atoms with E-state index in [9.17, 15) is 9.59 Å². The number of hydrazine groups is 1. The van der Waals surface area contributed by atoms with Crippen molar-refractivity contribution in [3.8, 4) is 5.75 Å². The summed E-state index contributed by atoms with van der Waals surface area (Å²) in [5.74, 6) is 0.367. The molecule has 0 fully saturated rings. The second-order valence-electron chi connectivity index (χ2n) is 6.03. The molecular weight excluding hydrogens is 332 g/mol. The van der Waals surface area contributed by atoms with Crippen molar-refractivity contribution in [3.63, 3.8) is 0 Å². The zero-order chi connectivity index (χ0) is 18.5. The molecule has 0 bridgehead atoms. The minimum Gasteiger partial charge on any atom is -0.483 e. The number of benzene rings is 2. The number of nitrogens with zero attached hydrogens (tertiary/aromatic N) is 1. The second kappa shape index (κ2) is 7.69.